The summed E-state index contributed by atoms with van der Waals surface area (Å²) in [5.41, 5.74) is 4.84. The normalized spacial score (nSPS) is 16.8. The van der Waals surface area contributed by atoms with Gasteiger partial charge in [-0.1, -0.05) is 24.3 Å². The number of anilines is 1. The van der Waals surface area contributed by atoms with E-state index < -0.39 is 10.8 Å². The standard InChI is InChI=1S/C32H30N6O4/c1-36-19-16-33-31(36)23-9-11-24(12-10-23)34-30(29-26-20-25(38(41)42)13-14-27(26)35-32(29)40)22-7-5-21(6-8-22)15-18-37-17-3-2-4-28(37)39/h5-14,16,19-20,29H,2-4,15,17-18H2,1H3,(H,35,40). The van der Waals surface area contributed by atoms with Crippen molar-refractivity contribution in [3.05, 3.63) is 106 Å². The van der Waals surface area contributed by atoms with Gasteiger partial charge in [-0.15, -0.1) is 0 Å². The third kappa shape index (κ3) is 5.43. The van der Waals surface area contributed by atoms with E-state index in [2.05, 4.69) is 10.3 Å². The Bertz CT molecular complexity index is 1690. The Morgan fingerprint density at radius 2 is 1.86 bits per heavy atom. The van der Waals surface area contributed by atoms with Gasteiger partial charge >= 0.3 is 0 Å². The maximum Gasteiger partial charge on any atom is 0.269 e. The van der Waals surface area contributed by atoms with Crippen LogP contribution in [0.5, 0.6) is 0 Å². The number of carbonyl (C=O) groups excluding carboxylic acids is 2. The van der Waals surface area contributed by atoms with E-state index in [1.165, 1.54) is 12.1 Å². The summed E-state index contributed by atoms with van der Waals surface area (Å²) in [7, 11) is 1.93. The molecule has 212 valence electrons. The number of nitro benzene ring substituents is 1. The number of carbonyl (C=O) groups is 2. The summed E-state index contributed by atoms with van der Waals surface area (Å²) in [6.45, 7) is 1.47. The molecule has 3 aromatic carbocycles. The summed E-state index contributed by atoms with van der Waals surface area (Å²) in [4.78, 5) is 47.9. The minimum absolute atomic E-state index is 0.0865. The molecule has 1 saturated heterocycles. The lowest BCUT2D eigenvalue weighted by molar-refractivity contribution is -0.384. The fraction of sp³-hybridized carbons (Fsp3) is 0.250. The van der Waals surface area contributed by atoms with E-state index in [1.807, 2.05) is 71.2 Å². The van der Waals surface area contributed by atoms with Crippen LogP contribution in [-0.4, -0.2) is 50.0 Å². The van der Waals surface area contributed by atoms with Crippen LogP contribution in [-0.2, 0) is 23.1 Å². The van der Waals surface area contributed by atoms with Crippen LogP contribution in [0.25, 0.3) is 11.4 Å². The molecule has 3 heterocycles. The molecular formula is C32H30N6O4. The average Bonchev–Trinajstić information content (AvgIpc) is 3.57. The molecule has 10 heteroatoms. The number of aryl methyl sites for hydroxylation is 1. The number of likely N-dealkylation sites (tertiary alicyclic amines) is 1. The molecule has 2 aliphatic heterocycles. The maximum atomic E-state index is 13.3. The zero-order chi connectivity index (χ0) is 29.2. The molecule has 6 rings (SSSR count). The van der Waals surface area contributed by atoms with Crippen LogP contribution in [0.2, 0.25) is 0 Å². The van der Waals surface area contributed by atoms with Crippen LogP contribution in [0.1, 0.15) is 41.9 Å². The van der Waals surface area contributed by atoms with Crippen molar-refractivity contribution in [2.24, 2.45) is 12.0 Å². The van der Waals surface area contributed by atoms with Crippen molar-refractivity contribution in [2.75, 3.05) is 18.4 Å². The fourth-order valence-electron chi connectivity index (χ4n) is 5.60. The van der Waals surface area contributed by atoms with E-state index in [4.69, 9.17) is 4.99 Å². The molecule has 42 heavy (non-hydrogen) atoms. The molecule has 2 aliphatic rings. The van der Waals surface area contributed by atoms with E-state index in [-0.39, 0.29) is 17.5 Å². The Morgan fingerprint density at radius 1 is 1.07 bits per heavy atom. The highest BCUT2D eigenvalue weighted by Crippen LogP contribution is 2.38. The topological polar surface area (TPSA) is 123 Å². The number of piperidine rings is 1. The first-order chi connectivity index (χ1) is 20.4. The minimum atomic E-state index is -0.828. The zero-order valence-corrected chi connectivity index (χ0v) is 23.2. The number of imidazole rings is 1. The van der Waals surface area contributed by atoms with Gasteiger partial charge in [-0.25, -0.2) is 4.98 Å². The molecule has 4 aromatic rings. The molecule has 2 amide bonds. The van der Waals surface area contributed by atoms with E-state index in [9.17, 15) is 19.7 Å². The number of hydrogen-bond donors (Lipinski definition) is 1. The summed E-state index contributed by atoms with van der Waals surface area (Å²) in [6.07, 6.45) is 6.96. The zero-order valence-electron chi connectivity index (χ0n) is 23.2. The fourth-order valence-corrected chi connectivity index (χ4v) is 5.60. The molecular weight excluding hydrogens is 532 g/mol. The first-order valence-corrected chi connectivity index (χ1v) is 14.0. The Morgan fingerprint density at radius 3 is 2.55 bits per heavy atom. The van der Waals surface area contributed by atoms with E-state index in [0.29, 0.717) is 35.6 Å². The number of fused-ring (bicyclic) bond motifs is 1. The van der Waals surface area contributed by atoms with Crippen LogP contribution >= 0.6 is 0 Å². The molecule has 0 saturated carbocycles. The third-order valence-electron chi connectivity index (χ3n) is 7.89. The summed E-state index contributed by atoms with van der Waals surface area (Å²) in [5.74, 6) is -0.0854. The lowest BCUT2D eigenvalue weighted by atomic mass is 9.90. The number of rotatable bonds is 8. The Kier molecular flexibility index (Phi) is 7.35. The number of aliphatic imine (C=N–C) groups is 1. The number of nitro groups is 1. The summed E-state index contributed by atoms with van der Waals surface area (Å²) < 4.78 is 1.93. The van der Waals surface area contributed by atoms with Gasteiger partial charge in [0, 0.05) is 67.9 Å². The molecule has 1 N–H and O–H groups in total. The smallest absolute Gasteiger partial charge is 0.269 e. The number of nitrogens with one attached hydrogen (secondary N) is 1. The maximum absolute atomic E-state index is 13.3. The second-order valence-electron chi connectivity index (χ2n) is 10.6. The first-order valence-electron chi connectivity index (χ1n) is 14.0. The molecule has 0 aliphatic carbocycles. The van der Waals surface area contributed by atoms with Gasteiger partial charge in [0.25, 0.3) is 5.69 Å². The minimum Gasteiger partial charge on any atom is -0.342 e. The number of amides is 2. The van der Waals surface area contributed by atoms with Crippen molar-refractivity contribution >= 4 is 34.6 Å². The quantitative estimate of drug-likeness (QED) is 0.175. The van der Waals surface area contributed by atoms with Crippen molar-refractivity contribution in [1.82, 2.24) is 14.5 Å². The molecule has 1 fully saturated rings. The molecule has 0 spiro atoms. The number of aromatic nitrogens is 2. The van der Waals surface area contributed by atoms with Crippen LogP contribution in [0.3, 0.4) is 0 Å². The highest BCUT2D eigenvalue weighted by Gasteiger charge is 2.36. The number of hydrogen-bond acceptors (Lipinski definition) is 6. The van der Waals surface area contributed by atoms with E-state index in [0.717, 1.165) is 48.3 Å². The SMILES string of the molecule is Cn1ccnc1-c1ccc(N=C(c2ccc(CCN3CCCCC3=O)cc2)C2C(=O)Nc3ccc([N+](=O)[O-])cc32)cc1. The highest BCUT2D eigenvalue weighted by atomic mass is 16.6. The highest BCUT2D eigenvalue weighted by molar-refractivity contribution is 6.24. The molecule has 1 aromatic heterocycles. The van der Waals surface area contributed by atoms with Gasteiger partial charge in [0.1, 0.15) is 11.7 Å². The van der Waals surface area contributed by atoms with Gasteiger partial charge < -0.3 is 14.8 Å². The van der Waals surface area contributed by atoms with Gasteiger partial charge in [0.2, 0.25) is 11.8 Å². The number of benzene rings is 3. The van der Waals surface area contributed by atoms with Crippen molar-refractivity contribution in [3.8, 4) is 11.4 Å². The van der Waals surface area contributed by atoms with Gasteiger partial charge in [-0.3, -0.25) is 24.7 Å². The van der Waals surface area contributed by atoms with Gasteiger partial charge in [-0.2, -0.15) is 0 Å². The van der Waals surface area contributed by atoms with Crippen molar-refractivity contribution in [3.63, 3.8) is 0 Å². The second-order valence-corrected chi connectivity index (χ2v) is 10.6. The van der Waals surface area contributed by atoms with Gasteiger partial charge in [0.15, 0.2) is 0 Å². The van der Waals surface area contributed by atoms with Gasteiger partial charge in [0.05, 0.1) is 16.3 Å². The summed E-state index contributed by atoms with van der Waals surface area (Å²) in [6, 6.07) is 19.8. The van der Waals surface area contributed by atoms with Crippen molar-refractivity contribution in [1.29, 1.82) is 0 Å². The molecule has 10 nitrogen and oxygen atoms in total. The molecule has 0 bridgehead atoms. The third-order valence-corrected chi connectivity index (χ3v) is 7.89. The van der Waals surface area contributed by atoms with Crippen molar-refractivity contribution in [2.45, 2.75) is 31.6 Å². The molecule has 1 unspecified atom stereocenters. The van der Waals surface area contributed by atoms with Crippen LogP contribution in [0.15, 0.2) is 84.1 Å². The lowest BCUT2D eigenvalue weighted by Gasteiger charge is -2.26. The summed E-state index contributed by atoms with van der Waals surface area (Å²) >= 11 is 0. The van der Waals surface area contributed by atoms with Gasteiger partial charge in [-0.05, 0) is 60.7 Å². The second kappa shape index (κ2) is 11.4. The number of non-ortho nitro benzene ring substituents is 1. The monoisotopic (exact) mass is 562 g/mol. The first kappa shape index (κ1) is 27.1. The van der Waals surface area contributed by atoms with Crippen LogP contribution in [0, 0.1) is 10.1 Å². The largest absolute Gasteiger partial charge is 0.342 e. The average molecular weight is 563 g/mol. The predicted octanol–water partition coefficient (Wildman–Crippen LogP) is 5.41. The van der Waals surface area contributed by atoms with E-state index in [1.54, 1.807) is 12.3 Å². The molecule has 1 atom stereocenters. The molecule has 0 radical (unpaired) electrons. The van der Waals surface area contributed by atoms with Crippen LogP contribution in [0.4, 0.5) is 17.1 Å². The predicted molar refractivity (Wildman–Crippen MR) is 160 cm³/mol. The Hall–Kier alpha value is -5.12. The lowest BCUT2D eigenvalue weighted by Crippen LogP contribution is -2.36. The Labute approximate surface area is 242 Å². The Balaban J connectivity index is 1.35. The summed E-state index contributed by atoms with van der Waals surface area (Å²) in [5, 5.41) is 14.4. The van der Waals surface area contributed by atoms with Crippen LogP contribution < -0.4 is 5.32 Å². The van der Waals surface area contributed by atoms with E-state index >= 15 is 0 Å². The van der Waals surface area contributed by atoms with Crippen molar-refractivity contribution < 1.29 is 14.5 Å². The number of nitrogens with zero attached hydrogens (tertiary/aromatic N) is 5.